The van der Waals surface area contributed by atoms with Crippen LogP contribution in [0.1, 0.15) is 31.2 Å². The first kappa shape index (κ1) is 22.3. The molecule has 0 saturated carbocycles. The Bertz CT molecular complexity index is 756. The highest BCUT2D eigenvalue weighted by atomic mass is 16.2. The molecule has 2 amide bonds. The molecule has 0 aromatic heterocycles. The molecule has 156 valence electrons. The van der Waals surface area contributed by atoms with Crippen molar-refractivity contribution in [2.45, 2.75) is 50.2 Å². The van der Waals surface area contributed by atoms with Gasteiger partial charge in [0.1, 0.15) is 0 Å². The second-order valence-electron chi connectivity index (χ2n) is 7.14. The Balaban J connectivity index is 1.90. The van der Waals surface area contributed by atoms with Crippen LogP contribution in [-0.2, 0) is 16.0 Å². The molecule has 3 atom stereocenters. The monoisotopic (exact) mass is 399 g/mol. The molecule has 0 aliphatic carbocycles. The first-order valence-corrected chi connectivity index (χ1v) is 9.77. The molecule has 9 nitrogen and oxygen atoms in total. The summed E-state index contributed by atoms with van der Waals surface area (Å²) < 4.78 is 0. The number of hydrogen-bond acceptors (Lipinski definition) is 6. The van der Waals surface area contributed by atoms with Gasteiger partial charge in [0, 0.05) is 13.1 Å². The Labute approximate surface area is 170 Å². The zero-order valence-electron chi connectivity index (χ0n) is 16.5. The minimum Gasteiger partial charge on any atom is -0.370 e. The predicted molar refractivity (Wildman–Crippen MR) is 110 cm³/mol. The Kier molecular flexibility index (Phi) is 8.58. The van der Waals surface area contributed by atoms with Crippen molar-refractivity contribution in [2.24, 2.45) is 22.2 Å². The van der Waals surface area contributed by atoms with Crippen LogP contribution in [0.25, 0.3) is 0 Å². The molecule has 1 saturated heterocycles. The number of rotatable bonds is 9. The first-order valence-electron chi connectivity index (χ1n) is 9.77. The van der Waals surface area contributed by atoms with Crippen molar-refractivity contribution in [3.63, 3.8) is 0 Å². The summed E-state index contributed by atoms with van der Waals surface area (Å²) in [5, 5.41) is 12.0. The summed E-state index contributed by atoms with van der Waals surface area (Å²) >= 11 is 0. The molecule has 7 N–H and O–H groups in total. The zero-order chi connectivity index (χ0) is 21.2. The lowest BCUT2D eigenvalue weighted by molar-refractivity contribution is -0.134. The average Bonchev–Trinajstić information content (AvgIpc) is 3.18. The number of nitriles is 1. The Morgan fingerprint density at radius 2 is 2.03 bits per heavy atom. The second kappa shape index (κ2) is 11.1. The normalized spacial score (nSPS) is 18.4. The summed E-state index contributed by atoms with van der Waals surface area (Å²) in [4.78, 5) is 30.8. The van der Waals surface area contributed by atoms with Gasteiger partial charge in [-0.05, 0) is 37.7 Å². The van der Waals surface area contributed by atoms with E-state index in [0.717, 1.165) is 12.0 Å². The maximum absolute atomic E-state index is 12.7. The van der Waals surface area contributed by atoms with Gasteiger partial charge >= 0.3 is 0 Å². The van der Waals surface area contributed by atoms with Gasteiger partial charge in [0.2, 0.25) is 11.8 Å². The molecule has 1 aromatic rings. The molecule has 3 unspecified atom stereocenters. The smallest absolute Gasteiger partial charge is 0.243 e. The number of aliphatic imine (C=N–C) groups is 1. The van der Waals surface area contributed by atoms with Crippen LogP contribution in [0.4, 0.5) is 0 Å². The molecular weight excluding hydrogens is 370 g/mol. The van der Waals surface area contributed by atoms with E-state index in [1.165, 1.54) is 0 Å². The van der Waals surface area contributed by atoms with E-state index in [2.05, 4.69) is 16.4 Å². The van der Waals surface area contributed by atoms with Crippen LogP contribution < -0.4 is 22.5 Å². The minimum absolute atomic E-state index is 0.0160. The third kappa shape index (κ3) is 6.85. The maximum Gasteiger partial charge on any atom is 0.243 e. The number of nitrogens with zero attached hydrogens (tertiary/aromatic N) is 3. The van der Waals surface area contributed by atoms with Gasteiger partial charge in [-0.25, -0.2) is 0 Å². The van der Waals surface area contributed by atoms with Crippen molar-refractivity contribution >= 4 is 17.8 Å². The standard InChI is InChI=1S/C20H29N7O2/c21-13-15(8-4-10-25-20(23)24)27-11-5-9-17(27)19(29)26-18(28)16(22)12-14-6-2-1-3-7-14/h1-3,6-7,15-17H,4-5,8-12,22H2,(H4,23,24,25)(H,26,28,29). The number of carbonyl (C=O) groups is 2. The van der Waals surface area contributed by atoms with Gasteiger partial charge < -0.3 is 17.2 Å². The molecule has 2 rings (SSSR count). The number of carbonyl (C=O) groups excluding carboxylic acids is 2. The van der Waals surface area contributed by atoms with Gasteiger partial charge in [-0.3, -0.25) is 24.8 Å². The van der Waals surface area contributed by atoms with E-state index in [4.69, 9.17) is 17.2 Å². The van der Waals surface area contributed by atoms with E-state index in [1.54, 1.807) is 0 Å². The lowest BCUT2D eigenvalue weighted by Gasteiger charge is -2.28. The van der Waals surface area contributed by atoms with Crippen LogP contribution in [0.5, 0.6) is 0 Å². The fraction of sp³-hybridized carbons (Fsp3) is 0.500. The largest absolute Gasteiger partial charge is 0.370 e. The van der Waals surface area contributed by atoms with Crippen molar-refractivity contribution in [1.82, 2.24) is 10.2 Å². The van der Waals surface area contributed by atoms with E-state index in [0.29, 0.717) is 38.8 Å². The van der Waals surface area contributed by atoms with E-state index in [-0.39, 0.29) is 5.96 Å². The lowest BCUT2D eigenvalue weighted by atomic mass is 10.1. The molecule has 29 heavy (non-hydrogen) atoms. The van der Waals surface area contributed by atoms with Crippen LogP contribution in [0.2, 0.25) is 0 Å². The Morgan fingerprint density at radius 1 is 1.31 bits per heavy atom. The van der Waals surface area contributed by atoms with Gasteiger partial charge in [0.05, 0.1) is 24.2 Å². The summed E-state index contributed by atoms with van der Waals surface area (Å²) in [6, 6.07) is 9.87. The topological polar surface area (TPSA) is 164 Å². The highest BCUT2D eigenvalue weighted by Crippen LogP contribution is 2.22. The Hall–Kier alpha value is -2.96. The quantitative estimate of drug-likeness (QED) is 0.249. The van der Waals surface area contributed by atoms with Crippen molar-refractivity contribution in [3.8, 4) is 6.07 Å². The molecule has 1 aliphatic heterocycles. The van der Waals surface area contributed by atoms with Crippen LogP contribution in [0.15, 0.2) is 35.3 Å². The van der Waals surface area contributed by atoms with Gasteiger partial charge in [0.15, 0.2) is 5.96 Å². The van der Waals surface area contributed by atoms with Crippen molar-refractivity contribution in [3.05, 3.63) is 35.9 Å². The van der Waals surface area contributed by atoms with E-state index in [1.807, 2.05) is 35.2 Å². The number of nitrogens with one attached hydrogen (secondary N) is 1. The summed E-state index contributed by atoms with van der Waals surface area (Å²) in [5.41, 5.74) is 17.5. The van der Waals surface area contributed by atoms with E-state index < -0.39 is 29.9 Å². The summed E-state index contributed by atoms with van der Waals surface area (Å²) in [7, 11) is 0. The maximum atomic E-state index is 12.7. The van der Waals surface area contributed by atoms with E-state index in [9.17, 15) is 14.9 Å². The third-order valence-corrected chi connectivity index (χ3v) is 4.96. The molecule has 1 heterocycles. The molecule has 1 aromatic carbocycles. The summed E-state index contributed by atoms with van der Waals surface area (Å²) in [6.07, 6.45) is 2.90. The highest BCUT2D eigenvalue weighted by molar-refractivity contribution is 6.00. The van der Waals surface area contributed by atoms with Crippen LogP contribution in [-0.4, -0.2) is 53.9 Å². The summed E-state index contributed by atoms with van der Waals surface area (Å²) in [6.45, 7) is 1.06. The highest BCUT2D eigenvalue weighted by Gasteiger charge is 2.36. The van der Waals surface area contributed by atoms with Gasteiger partial charge in [-0.15, -0.1) is 0 Å². The molecule has 0 bridgehead atoms. The SMILES string of the molecule is N#CC(CCCN=C(N)N)N1CCCC1C(=O)NC(=O)C(N)Cc1ccccc1. The number of nitrogens with two attached hydrogens (primary N) is 3. The van der Waals surface area contributed by atoms with Gasteiger partial charge in [0.25, 0.3) is 0 Å². The number of hydrogen-bond donors (Lipinski definition) is 4. The van der Waals surface area contributed by atoms with Gasteiger partial charge in [-0.1, -0.05) is 30.3 Å². The fourth-order valence-electron chi connectivity index (χ4n) is 3.50. The number of imide groups is 1. The lowest BCUT2D eigenvalue weighted by Crippen LogP contribution is -2.52. The van der Waals surface area contributed by atoms with Crippen molar-refractivity contribution in [1.29, 1.82) is 5.26 Å². The number of benzene rings is 1. The van der Waals surface area contributed by atoms with Crippen molar-refractivity contribution < 1.29 is 9.59 Å². The second-order valence-corrected chi connectivity index (χ2v) is 7.14. The number of guanidine groups is 1. The fourth-order valence-corrected chi connectivity index (χ4v) is 3.50. The van der Waals surface area contributed by atoms with E-state index >= 15 is 0 Å². The predicted octanol–water partition coefficient (Wildman–Crippen LogP) is -0.391. The number of amides is 2. The van der Waals surface area contributed by atoms with Gasteiger partial charge in [-0.2, -0.15) is 5.26 Å². The first-order chi connectivity index (χ1) is 13.9. The third-order valence-electron chi connectivity index (χ3n) is 4.96. The molecule has 1 fully saturated rings. The average molecular weight is 399 g/mol. The van der Waals surface area contributed by atoms with Crippen LogP contribution in [0.3, 0.4) is 0 Å². The molecule has 0 radical (unpaired) electrons. The number of likely N-dealkylation sites (tertiary alicyclic amines) is 1. The van der Waals surface area contributed by atoms with Crippen LogP contribution in [0, 0.1) is 11.3 Å². The molecule has 1 aliphatic rings. The molecule has 0 spiro atoms. The molecular formula is C20H29N7O2. The molecule has 9 heteroatoms. The summed E-state index contributed by atoms with van der Waals surface area (Å²) in [5.74, 6) is -0.894. The zero-order valence-corrected chi connectivity index (χ0v) is 16.5. The van der Waals surface area contributed by atoms with Crippen LogP contribution >= 0.6 is 0 Å². The minimum atomic E-state index is -0.817. The van der Waals surface area contributed by atoms with Crippen molar-refractivity contribution in [2.75, 3.05) is 13.1 Å². The Morgan fingerprint density at radius 3 is 2.69 bits per heavy atom.